The smallest absolute Gasteiger partial charge is 0.271 e. The summed E-state index contributed by atoms with van der Waals surface area (Å²) < 4.78 is 0. The molecule has 1 aliphatic rings. The number of hydrazone groups is 1. The lowest BCUT2D eigenvalue weighted by molar-refractivity contribution is 0.0955. The number of phenolic OH excluding ortho intramolecular Hbond substituents is 1. The van der Waals surface area contributed by atoms with Crippen molar-refractivity contribution in [1.82, 2.24) is 5.43 Å². The Hall–Kier alpha value is -2.82. The van der Waals surface area contributed by atoms with E-state index in [4.69, 9.17) is 0 Å². The first kappa shape index (κ1) is 17.0. The summed E-state index contributed by atoms with van der Waals surface area (Å²) in [4.78, 5) is 14.3. The lowest BCUT2D eigenvalue weighted by Gasteiger charge is -2.32. The number of carbonyl (C=O) groups is 1. The van der Waals surface area contributed by atoms with E-state index < -0.39 is 0 Å². The van der Waals surface area contributed by atoms with Crippen molar-refractivity contribution >= 4 is 17.8 Å². The molecular weight excluding hydrogens is 314 g/mol. The van der Waals surface area contributed by atoms with Crippen LogP contribution >= 0.6 is 0 Å². The standard InChI is InChI=1S/C20H23N3O2/c1-15-3-2-12-23(14-15)18-8-4-16(5-9-18)13-21-22-20(25)17-6-10-19(24)11-7-17/h4-11,13,15,24H,2-3,12,14H2,1H3,(H,22,25)/b21-13+. The molecule has 0 aliphatic carbocycles. The van der Waals surface area contributed by atoms with E-state index in [0.29, 0.717) is 5.56 Å². The number of carbonyl (C=O) groups excluding carboxylic acids is 1. The predicted molar refractivity (Wildman–Crippen MR) is 100 cm³/mol. The number of rotatable bonds is 4. The molecule has 1 aliphatic heterocycles. The summed E-state index contributed by atoms with van der Waals surface area (Å²) >= 11 is 0. The minimum absolute atomic E-state index is 0.128. The molecule has 2 N–H and O–H groups in total. The van der Waals surface area contributed by atoms with Crippen LogP contribution in [0.3, 0.4) is 0 Å². The van der Waals surface area contributed by atoms with Gasteiger partial charge in [0.15, 0.2) is 0 Å². The van der Waals surface area contributed by atoms with Crippen LogP contribution in [0.1, 0.15) is 35.7 Å². The van der Waals surface area contributed by atoms with Gasteiger partial charge in [-0.3, -0.25) is 4.79 Å². The Kier molecular flexibility index (Phi) is 5.33. The molecule has 0 bridgehead atoms. The Balaban J connectivity index is 1.56. The molecule has 0 radical (unpaired) electrons. The molecule has 1 saturated heterocycles. The summed E-state index contributed by atoms with van der Waals surface area (Å²) in [5.74, 6) is 0.559. The van der Waals surface area contributed by atoms with Gasteiger partial charge < -0.3 is 10.0 Å². The number of piperidine rings is 1. The number of phenols is 1. The van der Waals surface area contributed by atoms with Crippen molar-refractivity contribution in [3.63, 3.8) is 0 Å². The van der Waals surface area contributed by atoms with Crippen LogP contribution < -0.4 is 10.3 Å². The third-order valence-electron chi connectivity index (χ3n) is 4.42. The van der Waals surface area contributed by atoms with E-state index in [0.717, 1.165) is 24.6 Å². The van der Waals surface area contributed by atoms with E-state index in [1.807, 2.05) is 12.1 Å². The molecular formula is C20H23N3O2. The summed E-state index contributed by atoms with van der Waals surface area (Å²) in [5, 5.41) is 13.2. The number of nitrogens with zero attached hydrogens (tertiary/aromatic N) is 2. The highest BCUT2D eigenvalue weighted by atomic mass is 16.3. The van der Waals surface area contributed by atoms with Crippen LogP contribution in [0.5, 0.6) is 5.75 Å². The van der Waals surface area contributed by atoms with Crippen molar-refractivity contribution in [2.75, 3.05) is 18.0 Å². The summed E-state index contributed by atoms with van der Waals surface area (Å²) in [7, 11) is 0. The number of hydrogen-bond donors (Lipinski definition) is 2. The van der Waals surface area contributed by atoms with Crippen LogP contribution in [0, 0.1) is 5.92 Å². The van der Waals surface area contributed by atoms with Gasteiger partial charge in [-0.1, -0.05) is 19.1 Å². The Morgan fingerprint density at radius 1 is 1.20 bits per heavy atom. The third kappa shape index (κ3) is 4.59. The molecule has 2 aromatic rings. The van der Waals surface area contributed by atoms with Gasteiger partial charge in [0.25, 0.3) is 5.91 Å². The lowest BCUT2D eigenvalue weighted by Crippen LogP contribution is -2.34. The maximum atomic E-state index is 11.9. The number of anilines is 1. The minimum Gasteiger partial charge on any atom is -0.508 e. The maximum absolute atomic E-state index is 11.9. The number of hydrogen-bond acceptors (Lipinski definition) is 4. The molecule has 1 atom stereocenters. The SMILES string of the molecule is CC1CCCN(c2ccc(/C=N/NC(=O)c3ccc(O)cc3)cc2)C1. The summed E-state index contributed by atoms with van der Waals surface area (Å²) in [6.45, 7) is 4.51. The molecule has 2 aromatic carbocycles. The first-order valence-electron chi connectivity index (χ1n) is 8.59. The normalized spacial score (nSPS) is 17.6. The van der Waals surface area contributed by atoms with Crippen LogP contribution in [0.15, 0.2) is 53.6 Å². The molecule has 5 nitrogen and oxygen atoms in total. The van der Waals surface area contributed by atoms with E-state index in [-0.39, 0.29) is 11.7 Å². The van der Waals surface area contributed by atoms with Crippen molar-refractivity contribution in [2.45, 2.75) is 19.8 Å². The highest BCUT2D eigenvalue weighted by molar-refractivity contribution is 5.95. The van der Waals surface area contributed by atoms with Crippen LogP contribution in [-0.2, 0) is 0 Å². The number of amides is 1. The van der Waals surface area contributed by atoms with Crippen molar-refractivity contribution in [3.05, 3.63) is 59.7 Å². The Bertz CT molecular complexity index is 739. The lowest BCUT2D eigenvalue weighted by atomic mass is 9.99. The van der Waals surface area contributed by atoms with Crippen LogP contribution in [0.2, 0.25) is 0 Å². The van der Waals surface area contributed by atoms with Crippen LogP contribution in [-0.4, -0.2) is 30.3 Å². The first-order chi connectivity index (χ1) is 12.1. The minimum atomic E-state index is -0.310. The molecule has 0 saturated carbocycles. The molecule has 0 spiro atoms. The van der Waals surface area contributed by atoms with Crippen molar-refractivity contribution < 1.29 is 9.90 Å². The van der Waals surface area contributed by atoms with Gasteiger partial charge in [-0.25, -0.2) is 5.43 Å². The van der Waals surface area contributed by atoms with Crippen molar-refractivity contribution in [2.24, 2.45) is 11.0 Å². The van der Waals surface area contributed by atoms with Gasteiger partial charge in [0.1, 0.15) is 5.75 Å². The molecule has 0 aromatic heterocycles. The van der Waals surface area contributed by atoms with Crippen molar-refractivity contribution in [1.29, 1.82) is 0 Å². The Labute approximate surface area is 148 Å². The first-order valence-corrected chi connectivity index (χ1v) is 8.59. The second kappa shape index (κ2) is 7.83. The van der Waals surface area contributed by atoms with Gasteiger partial charge in [0, 0.05) is 24.3 Å². The number of aromatic hydroxyl groups is 1. The Morgan fingerprint density at radius 3 is 2.60 bits per heavy atom. The largest absolute Gasteiger partial charge is 0.508 e. The average Bonchev–Trinajstić information content (AvgIpc) is 2.63. The number of nitrogens with one attached hydrogen (secondary N) is 1. The zero-order valence-corrected chi connectivity index (χ0v) is 14.4. The fourth-order valence-corrected chi connectivity index (χ4v) is 3.04. The fraction of sp³-hybridized carbons (Fsp3) is 0.300. The predicted octanol–water partition coefficient (Wildman–Crippen LogP) is 3.39. The second-order valence-electron chi connectivity index (χ2n) is 6.53. The zero-order valence-electron chi connectivity index (χ0n) is 14.4. The maximum Gasteiger partial charge on any atom is 0.271 e. The monoisotopic (exact) mass is 337 g/mol. The summed E-state index contributed by atoms with van der Waals surface area (Å²) in [6, 6.07) is 14.2. The molecule has 1 amide bonds. The molecule has 130 valence electrons. The third-order valence-corrected chi connectivity index (χ3v) is 4.42. The van der Waals surface area contributed by atoms with E-state index in [1.165, 1.54) is 30.7 Å². The zero-order chi connectivity index (χ0) is 17.6. The highest BCUT2D eigenvalue weighted by Crippen LogP contribution is 2.22. The quantitative estimate of drug-likeness (QED) is 0.664. The molecule has 1 fully saturated rings. The second-order valence-corrected chi connectivity index (χ2v) is 6.53. The summed E-state index contributed by atoms with van der Waals surface area (Å²) in [6.07, 6.45) is 4.18. The van der Waals surface area contributed by atoms with E-state index >= 15 is 0 Å². The number of benzene rings is 2. The van der Waals surface area contributed by atoms with E-state index in [1.54, 1.807) is 18.3 Å². The van der Waals surface area contributed by atoms with E-state index in [9.17, 15) is 9.90 Å². The van der Waals surface area contributed by atoms with Gasteiger partial charge in [-0.2, -0.15) is 5.10 Å². The van der Waals surface area contributed by atoms with Gasteiger partial charge in [0.05, 0.1) is 6.21 Å². The van der Waals surface area contributed by atoms with Gasteiger partial charge in [0.2, 0.25) is 0 Å². The topological polar surface area (TPSA) is 64.9 Å². The van der Waals surface area contributed by atoms with Gasteiger partial charge >= 0.3 is 0 Å². The fourth-order valence-electron chi connectivity index (χ4n) is 3.04. The van der Waals surface area contributed by atoms with Crippen molar-refractivity contribution in [3.8, 4) is 5.75 Å². The van der Waals surface area contributed by atoms with Crippen LogP contribution in [0.25, 0.3) is 0 Å². The van der Waals surface area contributed by atoms with E-state index in [2.05, 4.69) is 34.5 Å². The molecule has 25 heavy (non-hydrogen) atoms. The molecule has 3 rings (SSSR count). The van der Waals surface area contributed by atoms with Crippen LogP contribution in [0.4, 0.5) is 5.69 Å². The highest BCUT2D eigenvalue weighted by Gasteiger charge is 2.16. The van der Waals surface area contributed by atoms with Gasteiger partial charge in [-0.15, -0.1) is 0 Å². The van der Waals surface area contributed by atoms with Gasteiger partial charge in [-0.05, 0) is 60.7 Å². The molecule has 5 heteroatoms. The molecule has 1 unspecified atom stereocenters. The Morgan fingerprint density at radius 2 is 1.92 bits per heavy atom. The summed E-state index contributed by atoms with van der Waals surface area (Å²) in [5.41, 5.74) is 5.10. The molecule has 1 heterocycles. The average molecular weight is 337 g/mol.